The quantitative estimate of drug-likeness (QED) is 0.880. The zero-order valence-electron chi connectivity index (χ0n) is 11.1. The van der Waals surface area contributed by atoms with Crippen LogP contribution >= 0.6 is 0 Å². The lowest BCUT2D eigenvalue weighted by Crippen LogP contribution is -2.53. The Morgan fingerprint density at radius 2 is 2.28 bits per heavy atom. The van der Waals surface area contributed by atoms with Gasteiger partial charge in [0, 0.05) is 31.7 Å². The molecular formula is C14H23N3O. The van der Waals surface area contributed by atoms with Crippen LogP contribution in [0.4, 0.5) is 0 Å². The Hall–Kier alpha value is -0.840. The molecule has 3 rings (SSSR count). The maximum absolute atomic E-state index is 6.18. The van der Waals surface area contributed by atoms with Gasteiger partial charge in [0.1, 0.15) is 5.76 Å². The molecule has 2 saturated heterocycles. The predicted molar refractivity (Wildman–Crippen MR) is 71.3 cm³/mol. The smallest absolute Gasteiger partial charge is 0.122 e. The van der Waals surface area contributed by atoms with Crippen molar-refractivity contribution in [1.82, 2.24) is 9.80 Å². The Morgan fingerprint density at radius 3 is 3.00 bits per heavy atom. The van der Waals surface area contributed by atoms with Gasteiger partial charge in [0.2, 0.25) is 0 Å². The summed E-state index contributed by atoms with van der Waals surface area (Å²) in [4.78, 5) is 5.13. The number of fused-ring (bicyclic) bond motifs is 1. The molecule has 0 amide bonds. The number of piperazine rings is 1. The van der Waals surface area contributed by atoms with E-state index < -0.39 is 0 Å². The van der Waals surface area contributed by atoms with Gasteiger partial charge < -0.3 is 10.2 Å². The van der Waals surface area contributed by atoms with Crippen molar-refractivity contribution in [3.8, 4) is 0 Å². The number of hydrogen-bond donors (Lipinski definition) is 1. The van der Waals surface area contributed by atoms with Gasteiger partial charge in [-0.2, -0.15) is 0 Å². The molecule has 3 unspecified atom stereocenters. The molecule has 100 valence electrons. The molecule has 3 heterocycles. The second-order valence-electron chi connectivity index (χ2n) is 5.65. The van der Waals surface area contributed by atoms with Crippen LogP contribution in [0.3, 0.4) is 0 Å². The highest BCUT2D eigenvalue weighted by atomic mass is 16.3. The zero-order valence-corrected chi connectivity index (χ0v) is 11.1. The maximum Gasteiger partial charge on any atom is 0.122 e. The molecule has 2 aliphatic heterocycles. The van der Waals surface area contributed by atoms with Crippen LogP contribution in [0.5, 0.6) is 0 Å². The van der Waals surface area contributed by atoms with E-state index in [-0.39, 0.29) is 12.1 Å². The van der Waals surface area contributed by atoms with Gasteiger partial charge in [-0.3, -0.25) is 9.80 Å². The fourth-order valence-electron chi connectivity index (χ4n) is 3.50. The van der Waals surface area contributed by atoms with E-state index >= 15 is 0 Å². The molecule has 0 saturated carbocycles. The molecular weight excluding hydrogens is 226 g/mol. The van der Waals surface area contributed by atoms with Crippen molar-refractivity contribution in [2.45, 2.75) is 37.9 Å². The Balaban J connectivity index is 1.75. The number of hydrogen-bond acceptors (Lipinski definition) is 4. The highest BCUT2D eigenvalue weighted by molar-refractivity contribution is 5.08. The van der Waals surface area contributed by atoms with Gasteiger partial charge in [-0.1, -0.05) is 0 Å². The van der Waals surface area contributed by atoms with Crippen LogP contribution in [-0.2, 0) is 0 Å². The molecule has 4 nitrogen and oxygen atoms in total. The minimum atomic E-state index is 0.101. The SMILES string of the molecule is CC(N)C(c1ccco1)N1CCN2CCCC2C1. The first-order chi connectivity index (χ1) is 8.75. The van der Waals surface area contributed by atoms with Gasteiger partial charge >= 0.3 is 0 Å². The maximum atomic E-state index is 6.18. The molecule has 0 aromatic carbocycles. The third kappa shape index (κ3) is 2.20. The standard InChI is InChI=1S/C14H23N3O/c1-11(15)14(13-5-3-9-18-13)17-8-7-16-6-2-4-12(16)10-17/h3,5,9,11-12,14H,2,4,6-8,10,15H2,1H3. The van der Waals surface area contributed by atoms with E-state index in [0.29, 0.717) is 0 Å². The number of nitrogens with zero attached hydrogens (tertiary/aromatic N) is 2. The molecule has 2 fully saturated rings. The van der Waals surface area contributed by atoms with Crippen molar-refractivity contribution in [3.05, 3.63) is 24.2 Å². The van der Waals surface area contributed by atoms with E-state index in [9.17, 15) is 0 Å². The molecule has 0 aliphatic carbocycles. The Morgan fingerprint density at radius 1 is 1.39 bits per heavy atom. The van der Waals surface area contributed by atoms with Gasteiger partial charge in [-0.05, 0) is 38.4 Å². The Kier molecular flexibility index (Phi) is 3.41. The third-order valence-electron chi connectivity index (χ3n) is 4.34. The minimum absolute atomic E-state index is 0.101. The number of furan rings is 1. The first kappa shape index (κ1) is 12.2. The zero-order chi connectivity index (χ0) is 12.5. The molecule has 1 aromatic heterocycles. The van der Waals surface area contributed by atoms with Gasteiger partial charge in [-0.25, -0.2) is 0 Å². The molecule has 18 heavy (non-hydrogen) atoms. The fourth-order valence-corrected chi connectivity index (χ4v) is 3.50. The second kappa shape index (κ2) is 5.03. The summed E-state index contributed by atoms with van der Waals surface area (Å²) in [6.45, 7) is 6.77. The Bertz CT molecular complexity index is 376. The first-order valence-corrected chi connectivity index (χ1v) is 7.03. The monoisotopic (exact) mass is 249 g/mol. The van der Waals surface area contributed by atoms with Crippen molar-refractivity contribution >= 4 is 0 Å². The van der Waals surface area contributed by atoms with Crippen molar-refractivity contribution in [1.29, 1.82) is 0 Å². The summed E-state index contributed by atoms with van der Waals surface area (Å²) < 4.78 is 5.59. The predicted octanol–water partition coefficient (Wildman–Crippen LogP) is 1.45. The average Bonchev–Trinajstić information content (AvgIpc) is 2.98. The lowest BCUT2D eigenvalue weighted by atomic mass is 10.0. The van der Waals surface area contributed by atoms with Crippen LogP contribution < -0.4 is 5.73 Å². The first-order valence-electron chi connectivity index (χ1n) is 7.03. The summed E-state index contributed by atoms with van der Waals surface area (Å²) in [7, 11) is 0. The van der Waals surface area contributed by atoms with E-state index in [0.717, 1.165) is 24.9 Å². The van der Waals surface area contributed by atoms with Gasteiger partial charge in [0.05, 0.1) is 12.3 Å². The van der Waals surface area contributed by atoms with Crippen LogP contribution in [0.25, 0.3) is 0 Å². The Labute approximate surface area is 109 Å². The third-order valence-corrected chi connectivity index (χ3v) is 4.34. The van der Waals surface area contributed by atoms with Crippen LogP contribution in [0.15, 0.2) is 22.8 Å². The topological polar surface area (TPSA) is 45.6 Å². The van der Waals surface area contributed by atoms with Crippen LogP contribution in [0.2, 0.25) is 0 Å². The summed E-state index contributed by atoms with van der Waals surface area (Å²) >= 11 is 0. The molecule has 4 heteroatoms. The lowest BCUT2D eigenvalue weighted by molar-refractivity contribution is 0.0553. The van der Waals surface area contributed by atoms with Crippen molar-refractivity contribution in [2.24, 2.45) is 5.73 Å². The van der Waals surface area contributed by atoms with E-state index in [1.54, 1.807) is 6.26 Å². The molecule has 0 radical (unpaired) electrons. The summed E-state index contributed by atoms with van der Waals surface area (Å²) in [6.07, 6.45) is 4.43. The van der Waals surface area contributed by atoms with Crippen molar-refractivity contribution < 1.29 is 4.42 Å². The molecule has 2 N–H and O–H groups in total. The van der Waals surface area contributed by atoms with E-state index in [4.69, 9.17) is 10.2 Å². The average molecular weight is 249 g/mol. The summed E-state index contributed by atoms with van der Waals surface area (Å²) in [5, 5.41) is 0. The highest BCUT2D eigenvalue weighted by Gasteiger charge is 2.35. The van der Waals surface area contributed by atoms with E-state index in [1.807, 2.05) is 6.07 Å². The van der Waals surface area contributed by atoms with Crippen LogP contribution in [0, 0.1) is 0 Å². The van der Waals surface area contributed by atoms with E-state index in [2.05, 4.69) is 22.8 Å². The van der Waals surface area contributed by atoms with Crippen molar-refractivity contribution in [2.75, 3.05) is 26.2 Å². The normalized spacial score (nSPS) is 29.1. The minimum Gasteiger partial charge on any atom is -0.468 e. The molecule has 2 aliphatic rings. The van der Waals surface area contributed by atoms with Crippen LogP contribution in [0.1, 0.15) is 31.6 Å². The highest BCUT2D eigenvalue weighted by Crippen LogP contribution is 2.29. The molecule has 0 bridgehead atoms. The molecule has 0 spiro atoms. The van der Waals surface area contributed by atoms with Crippen LogP contribution in [-0.4, -0.2) is 48.1 Å². The lowest BCUT2D eigenvalue weighted by Gasteiger charge is -2.42. The van der Waals surface area contributed by atoms with Gasteiger partial charge in [-0.15, -0.1) is 0 Å². The molecule has 3 atom stereocenters. The molecule has 1 aromatic rings. The van der Waals surface area contributed by atoms with Gasteiger partial charge in [0.25, 0.3) is 0 Å². The van der Waals surface area contributed by atoms with Gasteiger partial charge in [0.15, 0.2) is 0 Å². The largest absolute Gasteiger partial charge is 0.468 e. The summed E-state index contributed by atoms with van der Waals surface area (Å²) in [6, 6.07) is 5.06. The fraction of sp³-hybridized carbons (Fsp3) is 0.714. The van der Waals surface area contributed by atoms with Crippen molar-refractivity contribution in [3.63, 3.8) is 0 Å². The van der Waals surface area contributed by atoms with E-state index in [1.165, 1.54) is 25.9 Å². The number of nitrogens with two attached hydrogens (primary N) is 1. The summed E-state index contributed by atoms with van der Waals surface area (Å²) in [5.41, 5.74) is 6.18. The number of rotatable bonds is 3. The summed E-state index contributed by atoms with van der Waals surface area (Å²) in [5.74, 6) is 1.01. The second-order valence-corrected chi connectivity index (χ2v) is 5.65.